The summed E-state index contributed by atoms with van der Waals surface area (Å²) < 4.78 is 13.6. The Morgan fingerprint density at radius 2 is 2.25 bits per heavy atom. The molecule has 1 fully saturated rings. The van der Waals surface area contributed by atoms with Crippen molar-refractivity contribution in [1.29, 1.82) is 0 Å². The highest BCUT2D eigenvalue weighted by atomic mass is 19.1. The molecule has 0 saturated carbocycles. The number of nitrogens with two attached hydrogens (primary N) is 1. The molecule has 1 aromatic rings. The zero-order chi connectivity index (χ0) is 14.4. The maximum atomic E-state index is 13.6. The van der Waals surface area contributed by atoms with Gasteiger partial charge in [0.05, 0.1) is 6.54 Å². The van der Waals surface area contributed by atoms with Crippen LogP contribution in [0.25, 0.3) is 0 Å². The predicted octanol–water partition coefficient (Wildman–Crippen LogP) is 2.76. The van der Waals surface area contributed by atoms with Crippen molar-refractivity contribution in [3.05, 3.63) is 35.1 Å². The molecule has 0 amide bonds. The molecule has 0 aliphatic carbocycles. The lowest BCUT2D eigenvalue weighted by atomic mass is 9.95. The molecule has 2 nitrogen and oxygen atoms in total. The van der Waals surface area contributed by atoms with Crippen LogP contribution in [0, 0.1) is 23.6 Å². The molecule has 2 rings (SSSR count). The fraction of sp³-hybridized carbons (Fsp3) is 0.529. The number of halogens is 1. The average Bonchev–Trinajstić information content (AvgIpc) is 2.44. The molecule has 0 aromatic heterocycles. The molecule has 1 saturated heterocycles. The van der Waals surface area contributed by atoms with Crippen LogP contribution in [0.5, 0.6) is 0 Å². The average molecular weight is 274 g/mol. The van der Waals surface area contributed by atoms with E-state index in [9.17, 15) is 4.39 Å². The van der Waals surface area contributed by atoms with Crippen molar-refractivity contribution in [3.63, 3.8) is 0 Å². The van der Waals surface area contributed by atoms with Gasteiger partial charge >= 0.3 is 0 Å². The highest BCUT2D eigenvalue weighted by Gasteiger charge is 2.18. The van der Waals surface area contributed by atoms with Gasteiger partial charge in [-0.3, -0.25) is 4.90 Å². The van der Waals surface area contributed by atoms with Crippen LogP contribution in [-0.2, 0) is 6.54 Å². The Morgan fingerprint density at radius 1 is 1.40 bits per heavy atom. The van der Waals surface area contributed by atoms with Gasteiger partial charge in [-0.15, -0.1) is 0 Å². The SMILES string of the molecule is CCC1CCCN(Cc2cc(F)cc(C#CCN)c2)C1. The minimum Gasteiger partial charge on any atom is -0.320 e. The van der Waals surface area contributed by atoms with E-state index in [2.05, 4.69) is 23.7 Å². The lowest BCUT2D eigenvalue weighted by molar-refractivity contribution is 0.164. The first-order valence-corrected chi connectivity index (χ1v) is 7.42. The van der Waals surface area contributed by atoms with Crippen LogP contribution in [0.15, 0.2) is 18.2 Å². The van der Waals surface area contributed by atoms with Crippen LogP contribution >= 0.6 is 0 Å². The number of nitrogens with zero attached hydrogens (tertiary/aromatic N) is 1. The fourth-order valence-corrected chi connectivity index (χ4v) is 2.85. The Balaban J connectivity index is 2.06. The van der Waals surface area contributed by atoms with Crippen LogP contribution in [0.4, 0.5) is 4.39 Å². The number of hydrogen-bond acceptors (Lipinski definition) is 2. The smallest absolute Gasteiger partial charge is 0.124 e. The van der Waals surface area contributed by atoms with Crippen molar-refractivity contribution in [3.8, 4) is 11.8 Å². The second-order valence-electron chi connectivity index (χ2n) is 5.51. The summed E-state index contributed by atoms with van der Waals surface area (Å²) >= 11 is 0. The number of hydrogen-bond donors (Lipinski definition) is 1. The molecule has 0 bridgehead atoms. The van der Waals surface area contributed by atoms with Gasteiger partial charge in [0.1, 0.15) is 5.82 Å². The molecule has 1 aliphatic rings. The van der Waals surface area contributed by atoms with Crippen LogP contribution < -0.4 is 5.73 Å². The van der Waals surface area contributed by atoms with Crippen molar-refractivity contribution >= 4 is 0 Å². The maximum absolute atomic E-state index is 13.6. The molecule has 0 spiro atoms. The Morgan fingerprint density at radius 3 is 3.00 bits per heavy atom. The lowest BCUT2D eigenvalue weighted by Gasteiger charge is -2.32. The van der Waals surface area contributed by atoms with Crippen molar-refractivity contribution in [2.75, 3.05) is 19.6 Å². The van der Waals surface area contributed by atoms with E-state index in [1.54, 1.807) is 6.07 Å². The third-order valence-electron chi connectivity index (χ3n) is 3.88. The standard InChI is InChI=1S/C17H23FN2/c1-2-14-6-4-8-20(12-14)13-16-9-15(5-3-7-19)10-17(18)11-16/h9-11,14H,2,4,6-8,12-13,19H2,1H3. The molecule has 1 atom stereocenters. The molecule has 0 radical (unpaired) electrons. The fourth-order valence-electron chi connectivity index (χ4n) is 2.85. The van der Waals surface area contributed by atoms with Crippen molar-refractivity contribution in [2.45, 2.75) is 32.7 Å². The van der Waals surface area contributed by atoms with E-state index in [0.717, 1.165) is 36.7 Å². The summed E-state index contributed by atoms with van der Waals surface area (Å²) in [6, 6.07) is 5.06. The Labute approximate surface area is 121 Å². The number of rotatable bonds is 3. The van der Waals surface area contributed by atoms with Crippen LogP contribution in [0.1, 0.15) is 37.3 Å². The molecule has 1 aliphatic heterocycles. The summed E-state index contributed by atoms with van der Waals surface area (Å²) in [6.45, 7) is 5.59. The first-order valence-electron chi connectivity index (χ1n) is 7.42. The van der Waals surface area contributed by atoms with Gasteiger partial charge in [-0.25, -0.2) is 4.39 Å². The third-order valence-corrected chi connectivity index (χ3v) is 3.88. The Kier molecular flexibility index (Phi) is 5.58. The Hall–Kier alpha value is -1.37. The Bertz CT molecular complexity index is 501. The van der Waals surface area contributed by atoms with Gasteiger partial charge in [0.2, 0.25) is 0 Å². The first-order chi connectivity index (χ1) is 9.71. The monoisotopic (exact) mass is 274 g/mol. The summed E-state index contributed by atoms with van der Waals surface area (Å²) in [6.07, 6.45) is 3.80. The van der Waals surface area contributed by atoms with Gasteiger partial charge in [0, 0.05) is 18.7 Å². The van der Waals surface area contributed by atoms with Gasteiger partial charge in [-0.1, -0.05) is 25.2 Å². The second-order valence-corrected chi connectivity index (χ2v) is 5.51. The van der Waals surface area contributed by atoms with E-state index < -0.39 is 0 Å². The highest BCUT2D eigenvalue weighted by Crippen LogP contribution is 2.21. The van der Waals surface area contributed by atoms with Crippen LogP contribution in [0.3, 0.4) is 0 Å². The van der Waals surface area contributed by atoms with E-state index in [-0.39, 0.29) is 5.82 Å². The summed E-state index contributed by atoms with van der Waals surface area (Å²) in [7, 11) is 0. The lowest BCUT2D eigenvalue weighted by Crippen LogP contribution is -2.34. The van der Waals surface area contributed by atoms with E-state index in [0.29, 0.717) is 6.54 Å². The summed E-state index contributed by atoms with van der Waals surface area (Å²) in [5.41, 5.74) is 7.08. The van der Waals surface area contributed by atoms with Crippen molar-refractivity contribution in [1.82, 2.24) is 4.90 Å². The largest absolute Gasteiger partial charge is 0.320 e. The van der Waals surface area contributed by atoms with Gasteiger partial charge in [0.15, 0.2) is 0 Å². The van der Waals surface area contributed by atoms with Crippen LogP contribution in [-0.4, -0.2) is 24.5 Å². The van der Waals surface area contributed by atoms with Crippen molar-refractivity contribution in [2.24, 2.45) is 11.7 Å². The summed E-state index contributed by atoms with van der Waals surface area (Å²) in [5, 5.41) is 0. The predicted molar refractivity (Wildman–Crippen MR) is 80.6 cm³/mol. The van der Waals surface area contributed by atoms with Gasteiger partial charge in [-0.05, 0) is 49.1 Å². The third kappa shape index (κ3) is 4.33. The molecule has 1 aromatic carbocycles. The number of likely N-dealkylation sites (tertiary alicyclic amines) is 1. The normalized spacial score (nSPS) is 19.4. The molecule has 108 valence electrons. The molecule has 3 heteroatoms. The minimum atomic E-state index is -0.215. The zero-order valence-electron chi connectivity index (χ0n) is 12.2. The van der Waals surface area contributed by atoms with E-state index in [4.69, 9.17) is 5.73 Å². The van der Waals surface area contributed by atoms with E-state index >= 15 is 0 Å². The zero-order valence-corrected chi connectivity index (χ0v) is 12.2. The highest BCUT2D eigenvalue weighted by molar-refractivity contribution is 5.38. The molecular formula is C17H23FN2. The maximum Gasteiger partial charge on any atom is 0.124 e. The van der Waals surface area contributed by atoms with Gasteiger partial charge in [-0.2, -0.15) is 0 Å². The molecule has 1 heterocycles. The molecular weight excluding hydrogens is 251 g/mol. The topological polar surface area (TPSA) is 29.3 Å². The van der Waals surface area contributed by atoms with E-state index in [1.165, 1.54) is 25.3 Å². The van der Waals surface area contributed by atoms with Gasteiger partial charge < -0.3 is 5.73 Å². The number of piperidine rings is 1. The molecule has 1 unspecified atom stereocenters. The minimum absolute atomic E-state index is 0.215. The first kappa shape index (κ1) is 15.0. The summed E-state index contributed by atoms with van der Waals surface area (Å²) in [4.78, 5) is 2.42. The quantitative estimate of drug-likeness (QED) is 0.859. The molecule has 2 N–H and O–H groups in total. The van der Waals surface area contributed by atoms with Gasteiger partial charge in [0.25, 0.3) is 0 Å². The van der Waals surface area contributed by atoms with Crippen molar-refractivity contribution < 1.29 is 4.39 Å². The van der Waals surface area contributed by atoms with E-state index in [1.807, 2.05) is 6.07 Å². The second kappa shape index (κ2) is 7.42. The van der Waals surface area contributed by atoms with Crippen LogP contribution in [0.2, 0.25) is 0 Å². The summed E-state index contributed by atoms with van der Waals surface area (Å²) in [5.74, 6) is 6.26. The molecule has 20 heavy (non-hydrogen) atoms. The number of benzene rings is 1.